The lowest BCUT2D eigenvalue weighted by atomic mass is 10.00. The van der Waals surface area contributed by atoms with Crippen molar-refractivity contribution in [2.24, 2.45) is 5.92 Å². The molecule has 0 aromatic heterocycles. The second-order valence-electron chi connectivity index (χ2n) is 24.5. The van der Waals surface area contributed by atoms with Crippen molar-refractivity contribution in [3.05, 3.63) is 0 Å². The summed E-state index contributed by atoms with van der Waals surface area (Å²) in [5.74, 6) is -1.40. The van der Waals surface area contributed by atoms with Crippen LogP contribution in [0.2, 0.25) is 0 Å². The highest BCUT2D eigenvalue weighted by molar-refractivity contribution is 7.47. The van der Waals surface area contributed by atoms with Crippen LogP contribution in [-0.2, 0) is 65.4 Å². The molecule has 3 N–H and O–H groups in total. The van der Waals surface area contributed by atoms with Gasteiger partial charge in [-0.15, -0.1) is 0 Å². The zero-order valence-electron chi connectivity index (χ0n) is 55.4. The van der Waals surface area contributed by atoms with Crippen LogP contribution in [0.1, 0.15) is 343 Å². The van der Waals surface area contributed by atoms with Crippen molar-refractivity contribution in [1.82, 2.24) is 0 Å². The number of unbranched alkanes of at least 4 members (excludes halogenated alkanes) is 38. The van der Waals surface area contributed by atoms with Crippen LogP contribution in [0, 0.1) is 5.92 Å². The Labute approximate surface area is 524 Å². The van der Waals surface area contributed by atoms with Crippen molar-refractivity contribution in [1.29, 1.82) is 0 Å². The molecule has 0 spiro atoms. The number of aliphatic hydroxyl groups is 1. The first-order valence-electron chi connectivity index (χ1n) is 35.2. The molecule has 0 bridgehead atoms. The molecule has 510 valence electrons. The second-order valence-corrected chi connectivity index (χ2v) is 27.4. The van der Waals surface area contributed by atoms with Gasteiger partial charge in [0.05, 0.1) is 26.4 Å². The minimum atomic E-state index is -4.95. The fraction of sp³-hybridized carbons (Fsp3) is 0.940. The SMILES string of the molecule is CCCCCCCCCCCCCCCCCCCC(=O)O[C@H](COC(=O)CCCCCCCCC(C)CC)COP(=O)(O)OC[C@@H](O)COP(=O)(O)OC[C@@H](COC(=O)CCCCCCCCCCC)OC(=O)CCCCCCCCCCCC. The maximum absolute atomic E-state index is 13.0. The van der Waals surface area contributed by atoms with E-state index in [1.807, 2.05) is 0 Å². The number of hydrogen-bond acceptors (Lipinski definition) is 15. The number of hydrogen-bond donors (Lipinski definition) is 3. The summed E-state index contributed by atoms with van der Waals surface area (Å²) < 4.78 is 68.1. The number of ether oxygens (including phenoxy) is 4. The summed E-state index contributed by atoms with van der Waals surface area (Å²) in [6.45, 7) is 7.16. The van der Waals surface area contributed by atoms with E-state index in [2.05, 4.69) is 34.6 Å². The highest BCUT2D eigenvalue weighted by atomic mass is 31.2. The van der Waals surface area contributed by atoms with Crippen LogP contribution >= 0.6 is 15.6 Å². The van der Waals surface area contributed by atoms with Gasteiger partial charge in [0, 0.05) is 25.7 Å². The minimum absolute atomic E-state index is 0.106. The van der Waals surface area contributed by atoms with Gasteiger partial charge < -0.3 is 33.8 Å². The average molecular weight is 1270 g/mol. The van der Waals surface area contributed by atoms with E-state index in [4.69, 9.17) is 37.0 Å². The van der Waals surface area contributed by atoms with E-state index >= 15 is 0 Å². The van der Waals surface area contributed by atoms with Crippen molar-refractivity contribution >= 4 is 39.5 Å². The standard InChI is InChI=1S/C67H130O17P2/c1-6-10-13-16-19-22-24-25-26-27-28-29-30-33-36-43-48-53-67(72)84-63(57-78-65(70)51-46-41-38-37-39-44-49-60(5)9-4)59-82-86(75,76)80-55-61(68)54-79-85(73,74)81-58-62(56-77-64(69)50-45-40-34-31-21-18-15-12-8-3)83-66(71)52-47-42-35-32-23-20-17-14-11-7-2/h60-63,68H,6-59H2,1-5H3,(H,73,74)(H,75,76)/t60?,61-,62+,63+/m0/s1. The topological polar surface area (TPSA) is 237 Å². The van der Waals surface area contributed by atoms with Gasteiger partial charge in [0.25, 0.3) is 0 Å². The van der Waals surface area contributed by atoms with E-state index in [9.17, 15) is 43.2 Å². The van der Waals surface area contributed by atoms with Crippen molar-refractivity contribution in [3.8, 4) is 0 Å². The smallest absolute Gasteiger partial charge is 0.462 e. The summed E-state index contributed by atoms with van der Waals surface area (Å²) in [6, 6.07) is 0. The average Bonchev–Trinajstić information content (AvgIpc) is 3.57. The maximum Gasteiger partial charge on any atom is 0.472 e. The number of phosphoric acid groups is 2. The predicted molar refractivity (Wildman–Crippen MR) is 345 cm³/mol. The molecule has 0 saturated heterocycles. The molecule has 0 aliphatic rings. The first-order chi connectivity index (χ1) is 41.6. The van der Waals surface area contributed by atoms with Crippen molar-refractivity contribution < 1.29 is 80.2 Å². The van der Waals surface area contributed by atoms with Gasteiger partial charge in [-0.3, -0.25) is 37.3 Å². The number of carbonyl (C=O) groups is 4. The fourth-order valence-corrected chi connectivity index (χ4v) is 11.7. The monoisotopic (exact) mass is 1270 g/mol. The van der Waals surface area contributed by atoms with Crippen molar-refractivity contribution in [2.75, 3.05) is 39.6 Å². The van der Waals surface area contributed by atoms with Gasteiger partial charge in [-0.2, -0.15) is 0 Å². The van der Waals surface area contributed by atoms with Crippen LogP contribution < -0.4 is 0 Å². The molecular weight excluding hydrogens is 1140 g/mol. The molecule has 86 heavy (non-hydrogen) atoms. The minimum Gasteiger partial charge on any atom is -0.462 e. The molecule has 0 aromatic carbocycles. The molecule has 0 aliphatic heterocycles. The third-order valence-electron chi connectivity index (χ3n) is 15.9. The van der Waals surface area contributed by atoms with Gasteiger partial charge >= 0.3 is 39.5 Å². The Kier molecular flexibility index (Phi) is 59.2. The number of phosphoric ester groups is 2. The lowest BCUT2D eigenvalue weighted by Gasteiger charge is -2.21. The number of rotatable bonds is 67. The summed E-state index contributed by atoms with van der Waals surface area (Å²) >= 11 is 0. The van der Waals surface area contributed by atoms with Crippen LogP contribution in [0.15, 0.2) is 0 Å². The summed E-state index contributed by atoms with van der Waals surface area (Å²) in [5.41, 5.74) is 0. The Balaban J connectivity index is 5.20. The number of esters is 4. The fourth-order valence-electron chi connectivity index (χ4n) is 10.1. The van der Waals surface area contributed by atoms with Crippen LogP contribution in [0.3, 0.4) is 0 Å². The molecule has 0 aromatic rings. The van der Waals surface area contributed by atoms with E-state index in [-0.39, 0.29) is 25.7 Å². The molecule has 0 heterocycles. The van der Waals surface area contributed by atoms with Gasteiger partial charge in [-0.05, 0) is 31.6 Å². The molecular formula is C67H130O17P2. The highest BCUT2D eigenvalue weighted by Gasteiger charge is 2.30. The molecule has 0 radical (unpaired) electrons. The summed E-state index contributed by atoms with van der Waals surface area (Å²) in [5, 5.41) is 10.6. The van der Waals surface area contributed by atoms with E-state index in [1.165, 1.54) is 161 Å². The Bertz CT molecular complexity index is 1670. The van der Waals surface area contributed by atoms with Crippen molar-refractivity contribution in [2.45, 2.75) is 361 Å². The number of aliphatic hydroxyl groups excluding tert-OH is 1. The van der Waals surface area contributed by atoms with Gasteiger partial charge in [-0.25, -0.2) is 9.13 Å². The molecule has 17 nitrogen and oxygen atoms in total. The molecule has 0 rings (SSSR count). The highest BCUT2D eigenvalue weighted by Crippen LogP contribution is 2.45. The molecule has 19 heteroatoms. The quantitative estimate of drug-likeness (QED) is 0.0222. The lowest BCUT2D eigenvalue weighted by Crippen LogP contribution is -2.30. The van der Waals surface area contributed by atoms with Crippen LogP contribution in [0.25, 0.3) is 0 Å². The summed E-state index contributed by atoms with van der Waals surface area (Å²) in [6.07, 6.45) is 45.8. The summed E-state index contributed by atoms with van der Waals surface area (Å²) in [4.78, 5) is 72.3. The zero-order valence-corrected chi connectivity index (χ0v) is 57.2. The second kappa shape index (κ2) is 60.6. The van der Waals surface area contributed by atoms with E-state index in [0.29, 0.717) is 25.7 Å². The van der Waals surface area contributed by atoms with Gasteiger partial charge in [0.2, 0.25) is 0 Å². The molecule has 0 aliphatic carbocycles. The molecule has 6 atom stereocenters. The van der Waals surface area contributed by atoms with Crippen molar-refractivity contribution in [3.63, 3.8) is 0 Å². The lowest BCUT2D eigenvalue weighted by molar-refractivity contribution is -0.161. The Morgan fingerprint density at radius 2 is 0.558 bits per heavy atom. The van der Waals surface area contributed by atoms with Crippen LogP contribution in [0.4, 0.5) is 0 Å². The maximum atomic E-state index is 13.0. The summed E-state index contributed by atoms with van der Waals surface area (Å²) in [7, 11) is -9.89. The Hall–Kier alpha value is -1.94. The van der Waals surface area contributed by atoms with Gasteiger partial charge in [0.15, 0.2) is 12.2 Å². The normalized spacial score (nSPS) is 14.5. The van der Waals surface area contributed by atoms with E-state index in [0.717, 1.165) is 102 Å². The Morgan fingerprint density at radius 3 is 0.826 bits per heavy atom. The van der Waals surface area contributed by atoms with Crippen LogP contribution in [-0.4, -0.2) is 96.7 Å². The number of carbonyl (C=O) groups excluding carboxylic acids is 4. The van der Waals surface area contributed by atoms with E-state index < -0.39 is 97.5 Å². The van der Waals surface area contributed by atoms with E-state index in [1.54, 1.807) is 0 Å². The van der Waals surface area contributed by atoms with Gasteiger partial charge in [-0.1, -0.05) is 291 Å². The molecule has 0 fully saturated rings. The Morgan fingerprint density at radius 1 is 0.326 bits per heavy atom. The van der Waals surface area contributed by atoms with Gasteiger partial charge in [0.1, 0.15) is 19.3 Å². The molecule has 0 saturated carbocycles. The molecule has 3 unspecified atom stereocenters. The first-order valence-corrected chi connectivity index (χ1v) is 38.2. The van der Waals surface area contributed by atoms with Crippen LogP contribution in [0.5, 0.6) is 0 Å². The molecule has 0 amide bonds. The largest absolute Gasteiger partial charge is 0.472 e. The first kappa shape index (κ1) is 84.1. The third-order valence-corrected chi connectivity index (χ3v) is 17.8. The zero-order chi connectivity index (χ0) is 63.5. The third kappa shape index (κ3) is 59.7. The predicted octanol–water partition coefficient (Wildman–Crippen LogP) is 19.0.